The third-order valence-electron chi connectivity index (χ3n) is 4.82. The topological polar surface area (TPSA) is 179 Å². The number of hydrogen-bond donors (Lipinski definition) is 1. The molecule has 1 aliphatic rings. The maximum Gasteiger partial charge on any atom is 0.366 e. The standard InChI is InChI=1S/C21H31NO13/c1-10(23)22-17-15(32-12(3)25)8-21(30-7,20(28)29-6)35-19(17)18(34-14(5)27)16(33-13(4)26)9-31-11(2)24/h15-19H,8-9H2,1-7H3,(H,22,23). The molecule has 0 aliphatic carbocycles. The number of carbonyl (C=O) groups is 6. The average Bonchev–Trinajstić information content (AvgIpc) is 2.74. The summed E-state index contributed by atoms with van der Waals surface area (Å²) in [4.78, 5) is 71.8. The average molecular weight is 505 g/mol. The van der Waals surface area contributed by atoms with Crippen LogP contribution in [0.1, 0.15) is 41.0 Å². The van der Waals surface area contributed by atoms with E-state index in [1.807, 2.05) is 0 Å². The van der Waals surface area contributed by atoms with E-state index in [1.54, 1.807) is 0 Å². The highest BCUT2D eigenvalue weighted by Gasteiger charge is 2.58. The van der Waals surface area contributed by atoms with Gasteiger partial charge in [0.2, 0.25) is 5.91 Å². The number of esters is 5. The van der Waals surface area contributed by atoms with Gasteiger partial charge in [-0.1, -0.05) is 0 Å². The van der Waals surface area contributed by atoms with Crippen molar-refractivity contribution in [2.75, 3.05) is 20.8 Å². The minimum absolute atomic E-state index is 0.411. The van der Waals surface area contributed by atoms with Crippen molar-refractivity contribution >= 4 is 35.8 Å². The monoisotopic (exact) mass is 505 g/mol. The molecule has 1 heterocycles. The Labute approximate surface area is 201 Å². The molecule has 1 aliphatic heterocycles. The van der Waals surface area contributed by atoms with Crippen LogP contribution in [0.4, 0.5) is 0 Å². The van der Waals surface area contributed by atoms with Crippen LogP contribution in [0.15, 0.2) is 0 Å². The Hall–Kier alpha value is -3.26. The van der Waals surface area contributed by atoms with Crippen LogP contribution in [0.3, 0.4) is 0 Å². The number of ether oxygens (including phenoxy) is 7. The van der Waals surface area contributed by atoms with Gasteiger partial charge in [-0.05, 0) is 0 Å². The fourth-order valence-electron chi connectivity index (χ4n) is 3.61. The molecule has 1 fully saturated rings. The number of carbonyl (C=O) groups excluding carboxylic acids is 6. The summed E-state index contributed by atoms with van der Waals surface area (Å²) < 4.78 is 36.9. The molecule has 0 radical (unpaired) electrons. The molecule has 0 spiro atoms. The maximum absolute atomic E-state index is 12.7. The van der Waals surface area contributed by atoms with Crippen molar-refractivity contribution in [2.45, 2.75) is 77.3 Å². The van der Waals surface area contributed by atoms with Crippen molar-refractivity contribution in [3.63, 3.8) is 0 Å². The second-order valence-electron chi connectivity index (χ2n) is 7.63. The second kappa shape index (κ2) is 13.0. The summed E-state index contributed by atoms with van der Waals surface area (Å²) in [5.74, 6) is -6.96. The van der Waals surface area contributed by atoms with Crippen molar-refractivity contribution in [3.8, 4) is 0 Å². The zero-order valence-electron chi connectivity index (χ0n) is 20.6. The number of methoxy groups -OCH3 is 2. The Bertz CT molecular complexity index is 828. The molecular weight excluding hydrogens is 474 g/mol. The molecule has 6 unspecified atom stereocenters. The summed E-state index contributed by atoms with van der Waals surface area (Å²) in [6, 6.07) is -1.23. The highest BCUT2D eigenvalue weighted by molar-refractivity contribution is 5.79. The summed E-state index contributed by atoms with van der Waals surface area (Å²) in [7, 11) is 2.19. The lowest BCUT2D eigenvalue weighted by Crippen LogP contribution is -2.69. The highest BCUT2D eigenvalue weighted by Crippen LogP contribution is 2.36. The van der Waals surface area contributed by atoms with E-state index in [0.717, 1.165) is 41.9 Å². The largest absolute Gasteiger partial charge is 0.465 e. The first-order valence-electron chi connectivity index (χ1n) is 10.5. The molecular formula is C21H31NO13. The Balaban J connectivity index is 3.72. The quantitative estimate of drug-likeness (QED) is 0.287. The molecule has 0 aromatic carbocycles. The Kier molecular flexibility index (Phi) is 11.1. The van der Waals surface area contributed by atoms with Crippen LogP contribution in [0.5, 0.6) is 0 Å². The van der Waals surface area contributed by atoms with E-state index >= 15 is 0 Å². The Morgan fingerprint density at radius 2 is 1.51 bits per heavy atom. The van der Waals surface area contributed by atoms with Gasteiger partial charge in [0.1, 0.15) is 18.8 Å². The van der Waals surface area contributed by atoms with Crippen molar-refractivity contribution in [1.82, 2.24) is 5.32 Å². The lowest BCUT2D eigenvalue weighted by atomic mass is 9.88. The fourth-order valence-corrected chi connectivity index (χ4v) is 3.61. The summed E-state index contributed by atoms with van der Waals surface area (Å²) in [6.07, 6.45) is -6.22. The van der Waals surface area contributed by atoms with Gasteiger partial charge in [-0.25, -0.2) is 4.79 Å². The van der Waals surface area contributed by atoms with Gasteiger partial charge < -0.3 is 38.5 Å². The van der Waals surface area contributed by atoms with Crippen molar-refractivity contribution < 1.29 is 61.9 Å². The first-order chi connectivity index (χ1) is 16.3. The zero-order chi connectivity index (χ0) is 26.9. The minimum atomic E-state index is -2.17. The molecule has 0 bridgehead atoms. The van der Waals surface area contributed by atoms with Gasteiger partial charge in [0.15, 0.2) is 12.2 Å². The van der Waals surface area contributed by atoms with Gasteiger partial charge >= 0.3 is 29.8 Å². The molecule has 1 rings (SSSR count). The molecule has 1 saturated heterocycles. The van der Waals surface area contributed by atoms with E-state index in [9.17, 15) is 28.8 Å². The fraction of sp³-hybridized carbons (Fsp3) is 0.714. The first kappa shape index (κ1) is 29.8. The first-order valence-corrected chi connectivity index (χ1v) is 10.5. The predicted molar refractivity (Wildman–Crippen MR) is 112 cm³/mol. The molecule has 14 heteroatoms. The molecule has 0 aromatic heterocycles. The maximum atomic E-state index is 12.7. The SMILES string of the molecule is COC(=O)C1(OC)CC(OC(C)=O)C(NC(C)=O)C(C(OC(C)=O)C(COC(C)=O)OC(C)=O)O1. The second-order valence-corrected chi connectivity index (χ2v) is 7.63. The van der Waals surface area contributed by atoms with Crippen LogP contribution in [-0.4, -0.2) is 92.8 Å². The van der Waals surface area contributed by atoms with Crippen LogP contribution in [0, 0.1) is 0 Å². The minimum Gasteiger partial charge on any atom is -0.465 e. The summed E-state index contributed by atoms with van der Waals surface area (Å²) in [6.45, 7) is 4.92. The molecule has 0 saturated carbocycles. The lowest BCUT2D eigenvalue weighted by molar-refractivity contribution is -0.307. The Morgan fingerprint density at radius 3 is 1.94 bits per heavy atom. The van der Waals surface area contributed by atoms with Crippen LogP contribution < -0.4 is 5.32 Å². The van der Waals surface area contributed by atoms with E-state index in [1.165, 1.54) is 6.92 Å². The Morgan fingerprint density at radius 1 is 0.914 bits per heavy atom. The van der Waals surface area contributed by atoms with Gasteiger partial charge in [-0.15, -0.1) is 0 Å². The van der Waals surface area contributed by atoms with Crippen molar-refractivity contribution in [2.24, 2.45) is 0 Å². The number of amides is 1. The summed E-state index contributed by atoms with van der Waals surface area (Å²) in [5.41, 5.74) is 0. The van der Waals surface area contributed by atoms with Gasteiger partial charge in [0.25, 0.3) is 5.79 Å². The van der Waals surface area contributed by atoms with Crippen molar-refractivity contribution in [1.29, 1.82) is 0 Å². The predicted octanol–water partition coefficient (Wildman–Crippen LogP) is -0.846. The molecule has 14 nitrogen and oxygen atoms in total. The normalized spacial score (nSPS) is 25.3. The zero-order valence-corrected chi connectivity index (χ0v) is 20.6. The molecule has 1 N–H and O–H groups in total. The molecule has 1 amide bonds. The van der Waals surface area contributed by atoms with Crippen molar-refractivity contribution in [3.05, 3.63) is 0 Å². The van der Waals surface area contributed by atoms with Gasteiger partial charge in [-0.3, -0.25) is 24.0 Å². The summed E-state index contributed by atoms with van der Waals surface area (Å²) in [5, 5.41) is 2.54. The van der Waals surface area contributed by atoms with E-state index in [-0.39, 0.29) is 0 Å². The van der Waals surface area contributed by atoms with Gasteiger partial charge in [-0.2, -0.15) is 0 Å². The number of rotatable bonds is 10. The molecule has 35 heavy (non-hydrogen) atoms. The van der Waals surface area contributed by atoms with E-state index in [4.69, 9.17) is 33.2 Å². The smallest absolute Gasteiger partial charge is 0.366 e. The third kappa shape index (κ3) is 8.47. The molecule has 6 atom stereocenters. The van der Waals surface area contributed by atoms with Gasteiger partial charge in [0.05, 0.1) is 19.6 Å². The van der Waals surface area contributed by atoms with Crippen LogP contribution in [-0.2, 0) is 61.9 Å². The van der Waals surface area contributed by atoms with E-state index < -0.39 is 85.0 Å². The van der Waals surface area contributed by atoms with Crippen LogP contribution in [0.2, 0.25) is 0 Å². The van der Waals surface area contributed by atoms with E-state index in [2.05, 4.69) is 5.32 Å². The summed E-state index contributed by atoms with van der Waals surface area (Å²) >= 11 is 0. The number of hydrogen-bond acceptors (Lipinski definition) is 13. The lowest BCUT2D eigenvalue weighted by Gasteiger charge is -2.48. The number of nitrogens with one attached hydrogen (secondary N) is 1. The van der Waals surface area contributed by atoms with Gasteiger partial charge in [0, 0.05) is 41.7 Å². The molecule has 198 valence electrons. The van der Waals surface area contributed by atoms with Crippen LogP contribution >= 0.6 is 0 Å². The molecule has 0 aromatic rings. The van der Waals surface area contributed by atoms with E-state index in [0.29, 0.717) is 0 Å². The van der Waals surface area contributed by atoms with Crippen LogP contribution in [0.25, 0.3) is 0 Å². The third-order valence-corrected chi connectivity index (χ3v) is 4.82. The highest BCUT2D eigenvalue weighted by atomic mass is 16.7.